The van der Waals surface area contributed by atoms with Crippen LogP contribution in [0.1, 0.15) is 21.7 Å². The summed E-state index contributed by atoms with van der Waals surface area (Å²) in [5.41, 5.74) is 0.142. The molecule has 0 aliphatic heterocycles. The van der Waals surface area contributed by atoms with Crippen LogP contribution in [0.25, 0.3) is 0 Å². The molecule has 2 aromatic heterocycles. The Hall–Kier alpha value is -3.06. The lowest BCUT2D eigenvalue weighted by Crippen LogP contribution is -2.32. The van der Waals surface area contributed by atoms with E-state index in [9.17, 15) is 9.59 Å². The molecule has 0 atom stereocenters. The molecule has 0 radical (unpaired) electrons. The van der Waals surface area contributed by atoms with E-state index in [1.54, 1.807) is 37.3 Å². The predicted molar refractivity (Wildman–Crippen MR) is 91.6 cm³/mol. The van der Waals surface area contributed by atoms with Gasteiger partial charge in [-0.25, -0.2) is 0 Å². The molecule has 0 bridgehead atoms. The molecule has 3 aromatic rings. The standard InChI is InChI=1S/C17H14ClN3O4/c1-11-8-15(20-25-11)19-16(22)14-6-3-7-21(17(14)23)24-10-12-4-2-5-13(18)9-12/h2-9H,10H2,1H3,(H,19,20,22). The van der Waals surface area contributed by atoms with Crippen molar-refractivity contribution in [2.24, 2.45) is 0 Å². The molecule has 7 nitrogen and oxygen atoms in total. The van der Waals surface area contributed by atoms with Crippen molar-refractivity contribution >= 4 is 23.3 Å². The Bertz CT molecular complexity index is 964. The number of nitrogens with zero attached hydrogens (tertiary/aromatic N) is 2. The van der Waals surface area contributed by atoms with Gasteiger partial charge in [-0.1, -0.05) is 28.9 Å². The lowest BCUT2D eigenvalue weighted by Gasteiger charge is -2.10. The van der Waals surface area contributed by atoms with E-state index in [0.717, 1.165) is 10.3 Å². The molecule has 1 N–H and O–H groups in total. The van der Waals surface area contributed by atoms with E-state index < -0.39 is 11.5 Å². The Morgan fingerprint density at radius 1 is 1.32 bits per heavy atom. The quantitative estimate of drug-likeness (QED) is 0.756. The minimum Gasteiger partial charge on any atom is -0.406 e. The lowest BCUT2D eigenvalue weighted by molar-refractivity contribution is 0.0863. The zero-order valence-corrected chi connectivity index (χ0v) is 14.0. The summed E-state index contributed by atoms with van der Waals surface area (Å²) < 4.78 is 5.87. The molecule has 3 rings (SSSR count). The van der Waals surface area contributed by atoms with Crippen molar-refractivity contribution in [1.82, 2.24) is 9.89 Å². The van der Waals surface area contributed by atoms with E-state index >= 15 is 0 Å². The zero-order chi connectivity index (χ0) is 17.8. The highest BCUT2D eigenvalue weighted by molar-refractivity contribution is 6.30. The van der Waals surface area contributed by atoms with Crippen molar-refractivity contribution in [3.05, 3.63) is 80.9 Å². The highest BCUT2D eigenvalue weighted by Gasteiger charge is 2.14. The number of benzene rings is 1. The second kappa shape index (κ2) is 7.23. The van der Waals surface area contributed by atoms with Crippen LogP contribution in [0.4, 0.5) is 5.82 Å². The molecule has 1 aromatic carbocycles. The largest absolute Gasteiger partial charge is 0.406 e. The van der Waals surface area contributed by atoms with Gasteiger partial charge in [0.15, 0.2) is 5.82 Å². The maximum atomic E-state index is 12.4. The summed E-state index contributed by atoms with van der Waals surface area (Å²) in [5, 5.41) is 6.73. The molecule has 0 spiro atoms. The number of halogens is 1. The third-order valence-electron chi connectivity index (χ3n) is 3.29. The smallest absolute Gasteiger partial charge is 0.295 e. The summed E-state index contributed by atoms with van der Waals surface area (Å²) in [4.78, 5) is 30.1. The van der Waals surface area contributed by atoms with Gasteiger partial charge in [-0.2, -0.15) is 4.73 Å². The number of nitrogens with one attached hydrogen (secondary N) is 1. The predicted octanol–water partition coefficient (Wildman–Crippen LogP) is 2.68. The van der Waals surface area contributed by atoms with Gasteiger partial charge < -0.3 is 14.7 Å². The van der Waals surface area contributed by atoms with Crippen LogP contribution in [-0.4, -0.2) is 15.8 Å². The van der Waals surface area contributed by atoms with Crippen LogP contribution >= 0.6 is 11.6 Å². The van der Waals surface area contributed by atoms with Gasteiger partial charge in [0.1, 0.15) is 17.9 Å². The Balaban J connectivity index is 1.75. The molecular formula is C17H14ClN3O4. The maximum absolute atomic E-state index is 12.4. The summed E-state index contributed by atoms with van der Waals surface area (Å²) in [7, 11) is 0. The molecule has 0 fully saturated rings. The highest BCUT2D eigenvalue weighted by Crippen LogP contribution is 2.11. The van der Waals surface area contributed by atoms with E-state index in [4.69, 9.17) is 21.0 Å². The number of hydrogen-bond donors (Lipinski definition) is 1. The van der Waals surface area contributed by atoms with E-state index in [1.165, 1.54) is 12.3 Å². The number of carbonyl (C=O) groups excluding carboxylic acids is 1. The molecule has 8 heteroatoms. The van der Waals surface area contributed by atoms with Crippen LogP contribution in [0.3, 0.4) is 0 Å². The summed E-state index contributed by atoms with van der Waals surface area (Å²) in [6.45, 7) is 1.83. The number of pyridine rings is 1. The monoisotopic (exact) mass is 359 g/mol. The Kier molecular flexibility index (Phi) is 4.85. The molecule has 0 aliphatic rings. The topological polar surface area (TPSA) is 86.4 Å². The van der Waals surface area contributed by atoms with Crippen LogP contribution in [0, 0.1) is 6.92 Å². The first-order valence-corrected chi connectivity index (χ1v) is 7.75. The third kappa shape index (κ3) is 4.07. The van der Waals surface area contributed by atoms with E-state index in [0.29, 0.717) is 10.8 Å². The Morgan fingerprint density at radius 3 is 2.88 bits per heavy atom. The van der Waals surface area contributed by atoms with Crippen LogP contribution in [0.2, 0.25) is 5.02 Å². The zero-order valence-electron chi connectivity index (χ0n) is 13.2. The van der Waals surface area contributed by atoms with E-state index in [1.807, 2.05) is 6.07 Å². The molecule has 0 aliphatic carbocycles. The first kappa shape index (κ1) is 16.8. The Labute approximate surface area is 147 Å². The first-order valence-electron chi connectivity index (χ1n) is 7.37. The van der Waals surface area contributed by atoms with Crippen LogP contribution in [-0.2, 0) is 6.61 Å². The normalized spacial score (nSPS) is 10.5. The number of amides is 1. The fourth-order valence-electron chi connectivity index (χ4n) is 2.13. The number of rotatable bonds is 5. The van der Waals surface area contributed by atoms with Gasteiger partial charge in [-0.15, -0.1) is 0 Å². The molecule has 1 amide bonds. The number of aromatic nitrogens is 2. The molecule has 0 unspecified atom stereocenters. The summed E-state index contributed by atoms with van der Waals surface area (Å²) >= 11 is 5.91. The van der Waals surface area contributed by atoms with E-state index in [-0.39, 0.29) is 18.0 Å². The molecule has 128 valence electrons. The maximum Gasteiger partial charge on any atom is 0.295 e. The molecular weight excluding hydrogens is 346 g/mol. The minimum absolute atomic E-state index is 0.0748. The summed E-state index contributed by atoms with van der Waals surface area (Å²) in [5.74, 6) is 0.182. The van der Waals surface area contributed by atoms with Crippen molar-refractivity contribution in [1.29, 1.82) is 0 Å². The average molecular weight is 360 g/mol. The summed E-state index contributed by atoms with van der Waals surface area (Å²) in [6, 6.07) is 11.6. The summed E-state index contributed by atoms with van der Waals surface area (Å²) in [6.07, 6.45) is 1.43. The second-order valence-corrected chi connectivity index (χ2v) is 5.67. The average Bonchev–Trinajstić information content (AvgIpc) is 2.99. The van der Waals surface area contributed by atoms with Crippen LogP contribution < -0.4 is 15.7 Å². The molecule has 25 heavy (non-hydrogen) atoms. The number of hydrogen-bond acceptors (Lipinski definition) is 5. The third-order valence-corrected chi connectivity index (χ3v) is 3.52. The molecule has 2 heterocycles. The number of aryl methyl sites for hydroxylation is 1. The van der Waals surface area contributed by atoms with Gasteiger partial charge >= 0.3 is 0 Å². The van der Waals surface area contributed by atoms with Gasteiger partial charge in [0, 0.05) is 17.3 Å². The fourth-order valence-corrected chi connectivity index (χ4v) is 2.34. The van der Waals surface area contributed by atoms with Gasteiger partial charge in [0.2, 0.25) is 0 Å². The van der Waals surface area contributed by atoms with Gasteiger partial charge in [-0.05, 0) is 36.8 Å². The van der Waals surface area contributed by atoms with Gasteiger partial charge in [-0.3, -0.25) is 9.59 Å². The first-order chi connectivity index (χ1) is 12.0. The van der Waals surface area contributed by atoms with E-state index in [2.05, 4.69) is 10.5 Å². The molecule has 0 saturated heterocycles. The van der Waals surface area contributed by atoms with Crippen molar-refractivity contribution in [2.75, 3.05) is 5.32 Å². The minimum atomic E-state index is -0.598. The lowest BCUT2D eigenvalue weighted by atomic mass is 10.2. The van der Waals surface area contributed by atoms with Crippen molar-refractivity contribution in [2.45, 2.75) is 13.5 Å². The molecule has 0 saturated carbocycles. The van der Waals surface area contributed by atoms with Crippen LogP contribution in [0.15, 0.2) is 58.0 Å². The van der Waals surface area contributed by atoms with Gasteiger partial charge in [0.25, 0.3) is 11.5 Å². The van der Waals surface area contributed by atoms with Crippen molar-refractivity contribution in [3.63, 3.8) is 0 Å². The number of anilines is 1. The number of carbonyl (C=O) groups is 1. The van der Waals surface area contributed by atoms with Crippen molar-refractivity contribution < 1.29 is 14.2 Å². The highest BCUT2D eigenvalue weighted by atomic mass is 35.5. The van der Waals surface area contributed by atoms with Gasteiger partial charge in [0.05, 0.1) is 0 Å². The SMILES string of the molecule is Cc1cc(NC(=O)c2cccn(OCc3cccc(Cl)c3)c2=O)no1. The Morgan fingerprint density at radius 2 is 2.16 bits per heavy atom. The van der Waals surface area contributed by atoms with Crippen LogP contribution in [0.5, 0.6) is 0 Å². The fraction of sp³-hybridized carbons (Fsp3) is 0.118. The second-order valence-electron chi connectivity index (χ2n) is 5.23. The van der Waals surface area contributed by atoms with Crippen molar-refractivity contribution in [3.8, 4) is 0 Å².